The molecule has 1 aromatic rings. The minimum atomic E-state index is 0.104. The highest BCUT2D eigenvalue weighted by molar-refractivity contribution is 5.35. The van der Waals surface area contributed by atoms with Crippen LogP contribution in [0.25, 0.3) is 0 Å². The van der Waals surface area contributed by atoms with Gasteiger partial charge in [0.15, 0.2) is 0 Å². The molecule has 1 aromatic carbocycles. The molecule has 1 atom stereocenters. The van der Waals surface area contributed by atoms with Crippen LogP contribution in [-0.4, -0.2) is 6.10 Å². The number of rotatable bonds is 6. The van der Waals surface area contributed by atoms with Crippen LogP contribution < -0.4 is 10.5 Å². The van der Waals surface area contributed by atoms with Crippen molar-refractivity contribution < 1.29 is 4.74 Å². The molecule has 1 aliphatic carbocycles. The van der Waals surface area contributed by atoms with Crippen LogP contribution in [0.5, 0.6) is 5.75 Å². The molecule has 0 spiro atoms. The molecule has 0 heterocycles. The number of nitrogens with two attached hydrogens (primary N) is 1. The Kier molecular flexibility index (Phi) is 5.90. The predicted molar refractivity (Wildman–Crippen MR) is 84.9 cm³/mol. The highest BCUT2D eigenvalue weighted by atomic mass is 16.5. The lowest BCUT2D eigenvalue weighted by molar-refractivity contribution is 0.237. The molecule has 2 N–H and O–H groups in total. The van der Waals surface area contributed by atoms with Gasteiger partial charge in [-0.2, -0.15) is 0 Å². The first-order valence-electron chi connectivity index (χ1n) is 8.18. The summed E-state index contributed by atoms with van der Waals surface area (Å²) in [4.78, 5) is 0. The summed E-state index contributed by atoms with van der Waals surface area (Å²) in [6.45, 7) is 4.12. The van der Waals surface area contributed by atoms with Gasteiger partial charge in [-0.1, -0.05) is 50.3 Å². The minimum absolute atomic E-state index is 0.104. The van der Waals surface area contributed by atoms with E-state index in [4.69, 9.17) is 10.5 Å². The van der Waals surface area contributed by atoms with E-state index in [-0.39, 0.29) is 12.1 Å². The normalized spacial score (nSPS) is 18.2. The van der Waals surface area contributed by atoms with Crippen LogP contribution in [0.2, 0.25) is 0 Å². The van der Waals surface area contributed by atoms with Crippen LogP contribution in [0, 0.1) is 5.92 Å². The lowest BCUT2D eigenvalue weighted by Gasteiger charge is -2.24. The van der Waals surface area contributed by atoms with Crippen molar-refractivity contribution in [2.24, 2.45) is 11.7 Å². The molecule has 112 valence electrons. The molecule has 0 aliphatic heterocycles. The van der Waals surface area contributed by atoms with E-state index in [9.17, 15) is 0 Å². The third kappa shape index (κ3) is 4.52. The van der Waals surface area contributed by atoms with Gasteiger partial charge in [0.25, 0.3) is 0 Å². The number of hydrogen-bond donors (Lipinski definition) is 1. The molecule has 0 bridgehead atoms. The van der Waals surface area contributed by atoms with Crippen molar-refractivity contribution in [3.05, 3.63) is 29.8 Å². The number of benzene rings is 1. The van der Waals surface area contributed by atoms with Crippen LogP contribution in [0.15, 0.2) is 24.3 Å². The van der Waals surface area contributed by atoms with Gasteiger partial charge in [-0.25, -0.2) is 0 Å². The maximum Gasteiger partial charge on any atom is 0.124 e. The summed E-state index contributed by atoms with van der Waals surface area (Å²) >= 11 is 0. The second-order valence-corrected chi connectivity index (χ2v) is 6.39. The average molecular weight is 275 g/mol. The Morgan fingerprint density at radius 2 is 1.85 bits per heavy atom. The molecule has 0 saturated heterocycles. The van der Waals surface area contributed by atoms with E-state index >= 15 is 0 Å². The van der Waals surface area contributed by atoms with Gasteiger partial charge in [-0.15, -0.1) is 0 Å². The van der Waals surface area contributed by atoms with Gasteiger partial charge in [0, 0.05) is 11.6 Å². The highest BCUT2D eigenvalue weighted by Crippen LogP contribution is 2.32. The molecule has 1 saturated carbocycles. The summed E-state index contributed by atoms with van der Waals surface area (Å²) in [5.74, 6) is 1.85. The Hall–Kier alpha value is -1.02. The quantitative estimate of drug-likeness (QED) is 0.806. The second-order valence-electron chi connectivity index (χ2n) is 6.39. The van der Waals surface area contributed by atoms with Crippen LogP contribution in [0.3, 0.4) is 0 Å². The number of ether oxygens (including phenoxy) is 1. The van der Waals surface area contributed by atoms with Crippen molar-refractivity contribution in [3.63, 3.8) is 0 Å². The van der Waals surface area contributed by atoms with Gasteiger partial charge < -0.3 is 10.5 Å². The summed E-state index contributed by atoms with van der Waals surface area (Å²) in [5.41, 5.74) is 7.57. The zero-order valence-electron chi connectivity index (χ0n) is 13.0. The first kappa shape index (κ1) is 15.4. The highest BCUT2D eigenvalue weighted by Gasteiger charge is 2.17. The summed E-state index contributed by atoms with van der Waals surface area (Å²) < 4.78 is 5.88. The zero-order valence-corrected chi connectivity index (χ0v) is 13.0. The molecule has 0 amide bonds. The summed E-state index contributed by atoms with van der Waals surface area (Å²) in [6, 6.07) is 8.34. The molecular formula is C18H29NO. The molecule has 2 nitrogen and oxygen atoms in total. The van der Waals surface area contributed by atoms with Crippen molar-refractivity contribution in [1.29, 1.82) is 0 Å². The van der Waals surface area contributed by atoms with Crippen LogP contribution in [-0.2, 0) is 0 Å². The van der Waals surface area contributed by atoms with Gasteiger partial charge in [0.2, 0.25) is 0 Å². The Morgan fingerprint density at radius 3 is 2.55 bits per heavy atom. The van der Waals surface area contributed by atoms with E-state index < -0.39 is 0 Å². The second kappa shape index (κ2) is 7.68. The van der Waals surface area contributed by atoms with Crippen LogP contribution in [0.4, 0.5) is 0 Å². The van der Waals surface area contributed by atoms with Crippen molar-refractivity contribution in [1.82, 2.24) is 0 Å². The molecule has 0 aromatic heterocycles. The largest absolute Gasteiger partial charge is 0.491 e. The van der Waals surface area contributed by atoms with Crippen molar-refractivity contribution in [3.8, 4) is 5.75 Å². The summed E-state index contributed by atoms with van der Waals surface area (Å²) in [7, 11) is 0. The van der Waals surface area contributed by atoms with Crippen molar-refractivity contribution in [2.45, 2.75) is 70.9 Å². The molecule has 2 heteroatoms. The van der Waals surface area contributed by atoms with Gasteiger partial charge in [-0.3, -0.25) is 0 Å². The lowest BCUT2D eigenvalue weighted by atomic mass is 9.84. The molecular weight excluding hydrogens is 246 g/mol. The first-order chi connectivity index (χ1) is 9.66. The van der Waals surface area contributed by atoms with Gasteiger partial charge in [0.1, 0.15) is 5.75 Å². The third-order valence-corrected chi connectivity index (χ3v) is 4.29. The van der Waals surface area contributed by atoms with Crippen molar-refractivity contribution in [2.75, 3.05) is 0 Å². The SMILES string of the molecule is CC(C)Oc1ccccc1C(N)CCC1CCCCC1. The van der Waals surface area contributed by atoms with E-state index in [1.165, 1.54) is 38.5 Å². The van der Waals surface area contributed by atoms with Crippen molar-refractivity contribution >= 4 is 0 Å². The van der Waals surface area contributed by atoms with Gasteiger partial charge in [0.05, 0.1) is 6.10 Å². The van der Waals surface area contributed by atoms with Gasteiger partial charge >= 0.3 is 0 Å². The smallest absolute Gasteiger partial charge is 0.124 e. The fourth-order valence-corrected chi connectivity index (χ4v) is 3.19. The number of para-hydroxylation sites is 1. The van der Waals surface area contributed by atoms with E-state index in [0.29, 0.717) is 0 Å². The molecule has 1 fully saturated rings. The van der Waals surface area contributed by atoms with E-state index in [2.05, 4.69) is 26.0 Å². The maximum atomic E-state index is 6.41. The van der Waals surface area contributed by atoms with E-state index in [0.717, 1.165) is 23.7 Å². The fourth-order valence-electron chi connectivity index (χ4n) is 3.19. The van der Waals surface area contributed by atoms with Crippen LogP contribution in [0.1, 0.15) is 70.4 Å². The van der Waals surface area contributed by atoms with E-state index in [1.54, 1.807) is 0 Å². The third-order valence-electron chi connectivity index (χ3n) is 4.29. The number of hydrogen-bond acceptors (Lipinski definition) is 2. The first-order valence-corrected chi connectivity index (χ1v) is 8.18. The summed E-state index contributed by atoms with van der Waals surface area (Å²) in [5, 5.41) is 0. The molecule has 0 radical (unpaired) electrons. The lowest BCUT2D eigenvalue weighted by Crippen LogP contribution is -2.16. The molecule has 1 unspecified atom stereocenters. The summed E-state index contributed by atoms with van der Waals surface area (Å²) in [6.07, 6.45) is 9.57. The zero-order chi connectivity index (χ0) is 14.4. The molecule has 1 aliphatic rings. The Labute approximate surface area is 123 Å². The fraction of sp³-hybridized carbons (Fsp3) is 0.667. The molecule has 2 rings (SSSR count). The van der Waals surface area contributed by atoms with E-state index in [1.807, 2.05) is 12.1 Å². The van der Waals surface area contributed by atoms with Crippen LogP contribution >= 0.6 is 0 Å². The standard InChI is InChI=1S/C18H29NO/c1-14(2)20-18-11-7-6-10-16(18)17(19)13-12-15-8-4-3-5-9-15/h6-7,10-11,14-15,17H,3-5,8-9,12-13,19H2,1-2H3. The Bertz CT molecular complexity index is 396. The Balaban J connectivity index is 1.92. The topological polar surface area (TPSA) is 35.2 Å². The molecule has 20 heavy (non-hydrogen) atoms. The average Bonchev–Trinajstić information content (AvgIpc) is 2.46. The minimum Gasteiger partial charge on any atom is -0.491 e. The Morgan fingerprint density at radius 1 is 1.15 bits per heavy atom. The van der Waals surface area contributed by atoms with Gasteiger partial charge in [-0.05, 0) is 38.7 Å². The monoisotopic (exact) mass is 275 g/mol. The predicted octanol–water partition coefficient (Wildman–Crippen LogP) is 4.83. The maximum absolute atomic E-state index is 6.41.